The number of ketones is 1. The zero-order valence-electron chi connectivity index (χ0n) is 31.9. The summed E-state index contributed by atoms with van der Waals surface area (Å²) >= 11 is 3.77. The van der Waals surface area contributed by atoms with Gasteiger partial charge in [0.25, 0.3) is 5.91 Å². The molecular formula is C43H45BrFN9O3. The van der Waals surface area contributed by atoms with Crippen molar-refractivity contribution in [2.24, 2.45) is 0 Å². The number of carbonyl (C=O) groups is 3. The average molecular weight is 835 g/mol. The summed E-state index contributed by atoms with van der Waals surface area (Å²) in [7, 11) is 2.18. The van der Waals surface area contributed by atoms with Gasteiger partial charge < -0.3 is 20.0 Å². The van der Waals surface area contributed by atoms with E-state index in [2.05, 4.69) is 60.1 Å². The Hall–Kier alpha value is -5.05. The molecule has 0 bridgehead atoms. The number of fused-ring (bicyclic) bond motifs is 2. The van der Waals surface area contributed by atoms with Gasteiger partial charge in [-0.3, -0.25) is 19.3 Å². The van der Waals surface area contributed by atoms with Crippen molar-refractivity contribution in [3.8, 4) is 11.4 Å². The van der Waals surface area contributed by atoms with Crippen LogP contribution in [-0.2, 0) is 22.7 Å². The second-order valence-electron chi connectivity index (χ2n) is 15.8. The number of anilines is 2. The maximum Gasteiger partial charge on any atom is 0.254 e. The second kappa shape index (κ2) is 15.7. The number of halogens is 2. The van der Waals surface area contributed by atoms with Crippen LogP contribution in [0.1, 0.15) is 71.6 Å². The lowest BCUT2D eigenvalue weighted by atomic mass is 9.97. The summed E-state index contributed by atoms with van der Waals surface area (Å²) < 4.78 is 16.9. The van der Waals surface area contributed by atoms with Crippen LogP contribution in [0, 0.1) is 5.82 Å². The van der Waals surface area contributed by atoms with E-state index in [1.807, 2.05) is 52.0 Å². The van der Waals surface area contributed by atoms with Crippen LogP contribution in [0.5, 0.6) is 0 Å². The number of aromatic nitrogens is 4. The fourth-order valence-corrected chi connectivity index (χ4v) is 9.69. The number of amides is 1. The van der Waals surface area contributed by atoms with Gasteiger partial charge in [-0.05, 0) is 105 Å². The number of nitrogens with zero attached hydrogens (tertiary/aromatic N) is 8. The highest BCUT2D eigenvalue weighted by atomic mass is 79.9. The minimum Gasteiger partial charge on any atom is -0.356 e. The first-order valence-corrected chi connectivity index (χ1v) is 20.7. The minimum atomic E-state index is -0.455. The first-order chi connectivity index (χ1) is 27.7. The maximum atomic E-state index is 14.1. The Labute approximate surface area is 339 Å². The third-order valence-corrected chi connectivity index (χ3v) is 13.1. The summed E-state index contributed by atoms with van der Waals surface area (Å²) in [6.07, 6.45) is 7.38. The molecule has 12 nitrogen and oxygen atoms in total. The molecule has 4 aliphatic heterocycles. The summed E-state index contributed by atoms with van der Waals surface area (Å²) in [5.41, 5.74) is 6.25. The Balaban J connectivity index is 0.838. The molecule has 4 aliphatic rings. The minimum absolute atomic E-state index is 0.0166. The standard InChI is InChI=1S/C43H45BrFN9O3/c1-50(24-29-19-28-25-53(43(57)33(28)21-34(29)44)32-10-11-36(46-22-32)39(56)26-55)31-14-17-51(18-15-31)41-9-3-7-35(48-41)38-23-47-40-12-13-42(49-54(38)40)52-16-4-8-37(52)27-5-2-6-30(45)20-27/h2-3,5-7,9,12-13,19-21,23,26,31-32,36-37,46H,4,8,10-11,14-18,22,24-25H2,1H3. The van der Waals surface area contributed by atoms with Crippen molar-refractivity contribution in [1.82, 2.24) is 34.7 Å². The number of carbonyl (C=O) groups excluding carboxylic acids is 3. The molecule has 3 fully saturated rings. The Morgan fingerprint density at radius 3 is 2.61 bits per heavy atom. The van der Waals surface area contributed by atoms with Gasteiger partial charge in [-0.2, -0.15) is 0 Å². The van der Waals surface area contributed by atoms with E-state index in [9.17, 15) is 18.8 Å². The molecule has 57 heavy (non-hydrogen) atoms. The van der Waals surface area contributed by atoms with Crippen molar-refractivity contribution in [1.29, 1.82) is 0 Å². The third kappa shape index (κ3) is 7.34. The van der Waals surface area contributed by atoms with Crippen LogP contribution in [0.4, 0.5) is 16.0 Å². The number of aldehydes is 1. The van der Waals surface area contributed by atoms with Crippen LogP contribution in [0.3, 0.4) is 0 Å². The molecule has 7 heterocycles. The Morgan fingerprint density at radius 1 is 0.982 bits per heavy atom. The number of imidazole rings is 1. The van der Waals surface area contributed by atoms with Crippen LogP contribution in [0.15, 0.2) is 77.4 Å². The van der Waals surface area contributed by atoms with Gasteiger partial charge >= 0.3 is 0 Å². The normalized spacial score (nSPS) is 21.5. The van der Waals surface area contributed by atoms with E-state index >= 15 is 0 Å². The molecule has 3 saturated heterocycles. The highest BCUT2D eigenvalue weighted by Crippen LogP contribution is 2.37. The molecule has 3 atom stereocenters. The number of pyridine rings is 1. The molecule has 0 radical (unpaired) electrons. The van der Waals surface area contributed by atoms with Gasteiger partial charge in [0.1, 0.15) is 23.1 Å². The highest BCUT2D eigenvalue weighted by Gasteiger charge is 2.37. The molecule has 1 N–H and O–H groups in total. The molecule has 1 amide bonds. The van der Waals surface area contributed by atoms with Gasteiger partial charge in [0, 0.05) is 61.4 Å². The molecule has 9 rings (SSSR count). The summed E-state index contributed by atoms with van der Waals surface area (Å²) in [6.45, 7) is 4.40. The average Bonchev–Trinajstić information content (AvgIpc) is 3.98. The van der Waals surface area contributed by atoms with E-state index < -0.39 is 11.8 Å². The number of nitrogens with one attached hydrogen (secondary N) is 1. The Morgan fingerprint density at radius 2 is 1.82 bits per heavy atom. The van der Waals surface area contributed by atoms with E-state index in [-0.39, 0.29) is 23.8 Å². The zero-order valence-corrected chi connectivity index (χ0v) is 33.4. The van der Waals surface area contributed by atoms with Gasteiger partial charge in [0.05, 0.1) is 24.0 Å². The van der Waals surface area contributed by atoms with Gasteiger partial charge in [-0.1, -0.05) is 40.2 Å². The molecule has 0 aliphatic carbocycles. The highest BCUT2D eigenvalue weighted by molar-refractivity contribution is 9.10. The number of hydrogen-bond acceptors (Lipinski definition) is 10. The Bertz CT molecular complexity index is 2340. The molecule has 14 heteroatoms. The lowest BCUT2D eigenvalue weighted by molar-refractivity contribution is -0.131. The molecule has 3 aromatic heterocycles. The molecule has 3 unspecified atom stereocenters. The summed E-state index contributed by atoms with van der Waals surface area (Å²) in [5.74, 6) is 1.13. The van der Waals surface area contributed by atoms with Crippen molar-refractivity contribution >= 4 is 51.2 Å². The topological polar surface area (TPSA) is 119 Å². The van der Waals surface area contributed by atoms with Crippen LogP contribution < -0.4 is 15.1 Å². The fourth-order valence-electron chi connectivity index (χ4n) is 9.23. The molecule has 294 valence electrons. The third-order valence-electron chi connectivity index (χ3n) is 12.4. The Kier molecular flexibility index (Phi) is 10.3. The fraction of sp³-hybridized carbons (Fsp3) is 0.395. The monoisotopic (exact) mass is 833 g/mol. The molecule has 0 saturated carbocycles. The van der Waals surface area contributed by atoms with Gasteiger partial charge in [-0.15, -0.1) is 5.10 Å². The maximum absolute atomic E-state index is 14.1. The summed E-state index contributed by atoms with van der Waals surface area (Å²) in [6, 6.07) is 21.1. The number of piperidine rings is 2. The van der Waals surface area contributed by atoms with Crippen LogP contribution in [0.2, 0.25) is 0 Å². The van der Waals surface area contributed by atoms with E-state index in [0.717, 1.165) is 107 Å². The predicted octanol–water partition coefficient (Wildman–Crippen LogP) is 5.98. The van der Waals surface area contributed by atoms with Crippen molar-refractivity contribution in [2.45, 2.75) is 75.8 Å². The second-order valence-corrected chi connectivity index (χ2v) is 16.6. The van der Waals surface area contributed by atoms with Crippen molar-refractivity contribution in [3.05, 3.63) is 105 Å². The number of benzene rings is 2. The smallest absolute Gasteiger partial charge is 0.254 e. The summed E-state index contributed by atoms with van der Waals surface area (Å²) in [5, 5.41) is 8.21. The van der Waals surface area contributed by atoms with E-state index in [0.29, 0.717) is 38.3 Å². The molecule has 2 aromatic carbocycles. The number of Topliss-reactive ketones (excluding diaryl/α,β-unsaturated/α-hetero) is 1. The van der Waals surface area contributed by atoms with Gasteiger partial charge in [0.2, 0.25) is 5.78 Å². The first kappa shape index (κ1) is 37.5. The largest absolute Gasteiger partial charge is 0.356 e. The van der Waals surface area contributed by atoms with Crippen molar-refractivity contribution < 1.29 is 18.8 Å². The zero-order chi connectivity index (χ0) is 39.2. The molecule has 0 spiro atoms. The van der Waals surface area contributed by atoms with Crippen LogP contribution >= 0.6 is 15.9 Å². The predicted molar refractivity (Wildman–Crippen MR) is 219 cm³/mol. The van der Waals surface area contributed by atoms with E-state index in [1.165, 1.54) is 6.07 Å². The van der Waals surface area contributed by atoms with Gasteiger partial charge in [0.15, 0.2) is 11.9 Å². The number of hydrogen-bond donors (Lipinski definition) is 1. The van der Waals surface area contributed by atoms with Crippen LogP contribution in [0.25, 0.3) is 17.0 Å². The van der Waals surface area contributed by atoms with E-state index in [1.54, 1.807) is 12.1 Å². The first-order valence-electron chi connectivity index (χ1n) is 19.9. The SMILES string of the molecule is CN(Cc1cc2c(cc1Br)C(=O)N(C1CCC(C(=O)C=O)NC1)C2)C1CCN(c2cccc(-c3cnc4ccc(N5CCCC5c5cccc(F)c5)nn34)n2)CC1. The lowest BCUT2D eigenvalue weighted by Crippen LogP contribution is -2.52. The number of rotatable bonds is 10. The molecule has 5 aromatic rings. The van der Waals surface area contributed by atoms with Gasteiger partial charge in [-0.25, -0.2) is 18.9 Å². The molecular weight excluding hydrogens is 789 g/mol. The lowest BCUT2D eigenvalue weighted by Gasteiger charge is -2.37. The van der Waals surface area contributed by atoms with Crippen LogP contribution in [-0.4, -0.2) is 98.7 Å². The van der Waals surface area contributed by atoms with Crippen molar-refractivity contribution in [2.75, 3.05) is 43.0 Å². The van der Waals surface area contributed by atoms with E-state index in [4.69, 9.17) is 10.1 Å². The van der Waals surface area contributed by atoms with Crippen molar-refractivity contribution in [3.63, 3.8) is 0 Å². The summed E-state index contributed by atoms with van der Waals surface area (Å²) in [4.78, 5) is 54.9. The quantitative estimate of drug-likeness (QED) is 0.133.